The third-order valence-corrected chi connectivity index (χ3v) is 3.90. The molecule has 1 amide bonds. The number of piperazine rings is 1. The fraction of sp³-hybridized carbons (Fsp3) is 0.842. The third kappa shape index (κ3) is 9.63. The first kappa shape index (κ1) is 20.0. The first-order valence-corrected chi connectivity index (χ1v) is 9.09. The van der Waals surface area contributed by atoms with Crippen molar-refractivity contribution in [2.24, 2.45) is 5.92 Å². The van der Waals surface area contributed by atoms with E-state index >= 15 is 0 Å². The van der Waals surface area contributed by atoms with Gasteiger partial charge in [0.05, 0.1) is 12.6 Å². The normalized spacial score (nSPS) is 15.8. The van der Waals surface area contributed by atoms with Gasteiger partial charge in [-0.25, -0.2) is 0 Å². The average molecular weight is 322 g/mol. The molecule has 1 aliphatic heterocycles. The number of ether oxygens (including phenoxy) is 1. The quantitative estimate of drug-likeness (QED) is 0.509. The van der Waals surface area contributed by atoms with Gasteiger partial charge in [0.25, 0.3) is 0 Å². The van der Waals surface area contributed by atoms with Gasteiger partial charge in [0, 0.05) is 45.1 Å². The fourth-order valence-corrected chi connectivity index (χ4v) is 2.55. The SMILES string of the molecule is CC(C)C#CCN1CCN(C(=O)CCCCCOC(C)C)CC1. The highest BCUT2D eigenvalue weighted by Gasteiger charge is 2.19. The van der Waals surface area contributed by atoms with Crippen molar-refractivity contribution >= 4 is 5.91 Å². The second kappa shape index (κ2) is 11.5. The summed E-state index contributed by atoms with van der Waals surface area (Å²) in [7, 11) is 0. The van der Waals surface area contributed by atoms with E-state index in [4.69, 9.17) is 4.74 Å². The van der Waals surface area contributed by atoms with Gasteiger partial charge in [-0.3, -0.25) is 9.69 Å². The first-order chi connectivity index (χ1) is 11.0. The molecule has 0 aromatic heterocycles. The third-order valence-electron chi connectivity index (χ3n) is 3.90. The molecule has 0 aromatic carbocycles. The molecule has 0 aliphatic carbocycles. The van der Waals surface area contributed by atoms with Crippen molar-refractivity contribution in [1.29, 1.82) is 0 Å². The molecular formula is C19H34N2O2. The van der Waals surface area contributed by atoms with Crippen LogP contribution in [0.2, 0.25) is 0 Å². The summed E-state index contributed by atoms with van der Waals surface area (Å²) in [5, 5.41) is 0. The molecule has 1 heterocycles. The van der Waals surface area contributed by atoms with Gasteiger partial charge in [0.15, 0.2) is 0 Å². The van der Waals surface area contributed by atoms with Gasteiger partial charge in [-0.1, -0.05) is 32.1 Å². The van der Waals surface area contributed by atoms with Crippen LogP contribution in [-0.4, -0.2) is 61.1 Å². The summed E-state index contributed by atoms with van der Waals surface area (Å²) >= 11 is 0. The lowest BCUT2D eigenvalue weighted by atomic mass is 10.1. The van der Waals surface area contributed by atoms with Crippen molar-refractivity contribution < 1.29 is 9.53 Å². The van der Waals surface area contributed by atoms with Crippen LogP contribution in [0.25, 0.3) is 0 Å². The number of hydrogen-bond acceptors (Lipinski definition) is 3. The highest BCUT2D eigenvalue weighted by molar-refractivity contribution is 5.76. The van der Waals surface area contributed by atoms with Gasteiger partial charge >= 0.3 is 0 Å². The molecule has 1 rings (SSSR count). The highest BCUT2D eigenvalue weighted by Crippen LogP contribution is 2.08. The topological polar surface area (TPSA) is 32.8 Å². The average Bonchev–Trinajstić information content (AvgIpc) is 2.50. The smallest absolute Gasteiger partial charge is 0.222 e. The zero-order valence-corrected chi connectivity index (χ0v) is 15.4. The minimum atomic E-state index is 0.304. The van der Waals surface area contributed by atoms with Crippen molar-refractivity contribution in [2.45, 2.75) is 59.5 Å². The fourth-order valence-electron chi connectivity index (χ4n) is 2.55. The van der Waals surface area contributed by atoms with E-state index in [1.807, 2.05) is 4.90 Å². The van der Waals surface area contributed by atoms with Gasteiger partial charge in [-0.05, 0) is 26.7 Å². The summed E-state index contributed by atoms with van der Waals surface area (Å²) in [4.78, 5) is 16.5. The van der Waals surface area contributed by atoms with E-state index < -0.39 is 0 Å². The van der Waals surface area contributed by atoms with E-state index in [-0.39, 0.29) is 0 Å². The molecule has 0 radical (unpaired) electrons. The molecule has 0 saturated carbocycles. The standard InChI is InChI=1S/C19H34N2O2/c1-17(2)9-8-11-20-12-14-21(15-13-20)19(22)10-6-5-7-16-23-18(3)4/h17-18H,5-7,10-16H2,1-4H3. The van der Waals surface area contributed by atoms with Crippen molar-refractivity contribution in [1.82, 2.24) is 9.80 Å². The Labute approximate surface area is 142 Å². The number of hydrogen-bond donors (Lipinski definition) is 0. The van der Waals surface area contributed by atoms with Crippen molar-refractivity contribution in [2.75, 3.05) is 39.3 Å². The number of unbranched alkanes of at least 4 members (excludes halogenated alkanes) is 2. The number of nitrogens with zero attached hydrogens (tertiary/aromatic N) is 2. The Morgan fingerprint density at radius 3 is 2.35 bits per heavy atom. The monoisotopic (exact) mass is 322 g/mol. The van der Waals surface area contributed by atoms with E-state index in [9.17, 15) is 4.79 Å². The van der Waals surface area contributed by atoms with Gasteiger partial charge in [-0.2, -0.15) is 0 Å². The summed E-state index contributed by atoms with van der Waals surface area (Å²) in [6, 6.07) is 0. The molecule has 4 nitrogen and oxygen atoms in total. The molecule has 1 fully saturated rings. The summed E-state index contributed by atoms with van der Waals surface area (Å²) < 4.78 is 5.51. The largest absolute Gasteiger partial charge is 0.379 e. The molecule has 1 aliphatic rings. The van der Waals surface area contributed by atoms with Crippen LogP contribution in [0.4, 0.5) is 0 Å². The Balaban J connectivity index is 2.09. The van der Waals surface area contributed by atoms with Gasteiger partial charge in [0.1, 0.15) is 0 Å². The van der Waals surface area contributed by atoms with Crippen LogP contribution in [0.15, 0.2) is 0 Å². The number of carbonyl (C=O) groups excluding carboxylic acids is 1. The van der Waals surface area contributed by atoms with Gasteiger partial charge in [0.2, 0.25) is 5.91 Å². The Morgan fingerprint density at radius 2 is 1.74 bits per heavy atom. The maximum atomic E-state index is 12.2. The highest BCUT2D eigenvalue weighted by atomic mass is 16.5. The molecule has 0 unspecified atom stereocenters. The Kier molecular flexibility index (Phi) is 9.98. The zero-order valence-electron chi connectivity index (χ0n) is 15.4. The lowest BCUT2D eigenvalue weighted by Gasteiger charge is -2.33. The van der Waals surface area contributed by atoms with Crippen molar-refractivity contribution in [3.63, 3.8) is 0 Å². The number of rotatable bonds is 8. The molecule has 0 aromatic rings. The van der Waals surface area contributed by atoms with E-state index in [2.05, 4.69) is 44.4 Å². The van der Waals surface area contributed by atoms with E-state index in [1.54, 1.807) is 0 Å². The molecule has 132 valence electrons. The predicted molar refractivity (Wildman–Crippen MR) is 95.2 cm³/mol. The number of amides is 1. The molecular weight excluding hydrogens is 288 g/mol. The second-order valence-corrected chi connectivity index (χ2v) is 6.86. The van der Waals surface area contributed by atoms with Crippen LogP contribution >= 0.6 is 0 Å². The Bertz CT molecular complexity index is 388. The van der Waals surface area contributed by atoms with Crippen LogP contribution in [0.3, 0.4) is 0 Å². The minimum absolute atomic E-state index is 0.304. The molecule has 23 heavy (non-hydrogen) atoms. The van der Waals surface area contributed by atoms with Crippen molar-refractivity contribution in [3.8, 4) is 11.8 Å². The number of carbonyl (C=O) groups is 1. The van der Waals surface area contributed by atoms with E-state index in [1.165, 1.54) is 0 Å². The van der Waals surface area contributed by atoms with Crippen LogP contribution in [0.1, 0.15) is 53.4 Å². The molecule has 1 saturated heterocycles. The van der Waals surface area contributed by atoms with Crippen LogP contribution in [-0.2, 0) is 9.53 Å². The lowest BCUT2D eigenvalue weighted by Crippen LogP contribution is -2.48. The van der Waals surface area contributed by atoms with E-state index in [0.29, 0.717) is 24.3 Å². The first-order valence-electron chi connectivity index (χ1n) is 9.09. The molecule has 0 bridgehead atoms. The predicted octanol–water partition coefficient (Wildman–Crippen LogP) is 2.78. The minimum Gasteiger partial charge on any atom is -0.379 e. The zero-order chi connectivity index (χ0) is 17.1. The molecule has 0 spiro atoms. The summed E-state index contributed by atoms with van der Waals surface area (Å²) in [5.74, 6) is 7.16. The van der Waals surface area contributed by atoms with Gasteiger partial charge in [-0.15, -0.1) is 0 Å². The molecule has 4 heteroatoms. The molecule has 0 N–H and O–H groups in total. The Hall–Kier alpha value is -1.05. The summed E-state index contributed by atoms with van der Waals surface area (Å²) in [6.45, 7) is 13.5. The lowest BCUT2D eigenvalue weighted by molar-refractivity contribution is -0.133. The molecule has 0 atom stereocenters. The van der Waals surface area contributed by atoms with Crippen LogP contribution in [0, 0.1) is 17.8 Å². The Morgan fingerprint density at radius 1 is 1.04 bits per heavy atom. The van der Waals surface area contributed by atoms with Crippen LogP contribution in [0.5, 0.6) is 0 Å². The van der Waals surface area contributed by atoms with Gasteiger partial charge < -0.3 is 9.64 Å². The maximum Gasteiger partial charge on any atom is 0.222 e. The van der Waals surface area contributed by atoms with Crippen LogP contribution < -0.4 is 0 Å². The van der Waals surface area contributed by atoms with Crippen molar-refractivity contribution in [3.05, 3.63) is 0 Å². The van der Waals surface area contributed by atoms with E-state index in [0.717, 1.165) is 58.6 Å². The summed E-state index contributed by atoms with van der Waals surface area (Å²) in [5.41, 5.74) is 0. The second-order valence-electron chi connectivity index (χ2n) is 6.86. The summed E-state index contributed by atoms with van der Waals surface area (Å²) in [6.07, 6.45) is 4.07. The maximum absolute atomic E-state index is 12.2.